The molecule has 1 aliphatic rings. The molecule has 0 aromatic carbocycles. The Kier molecular flexibility index (Phi) is 5.34. The highest BCUT2D eigenvalue weighted by Gasteiger charge is 2.40. The Balaban J connectivity index is 2.78. The van der Waals surface area contributed by atoms with Gasteiger partial charge in [-0.05, 0) is 12.8 Å². The monoisotopic (exact) mass is 291 g/mol. The topological polar surface area (TPSA) is 101 Å². The number of rotatable bonds is 5. The third-order valence-corrected chi connectivity index (χ3v) is 5.12. The van der Waals surface area contributed by atoms with Crippen molar-refractivity contribution in [1.29, 1.82) is 0 Å². The summed E-state index contributed by atoms with van der Waals surface area (Å²) in [5.74, 6) is -2.55. The maximum atomic E-state index is 11.8. The zero-order valence-corrected chi connectivity index (χ0v) is 12.0. The molecule has 0 atom stereocenters. The summed E-state index contributed by atoms with van der Waals surface area (Å²) < 4.78 is 22.8. The van der Waals surface area contributed by atoms with Crippen LogP contribution in [0.3, 0.4) is 0 Å². The number of amides is 1. The third kappa shape index (κ3) is 4.49. The average molecular weight is 291 g/mol. The van der Waals surface area contributed by atoms with E-state index in [1.165, 1.54) is 6.92 Å². The number of sulfone groups is 1. The summed E-state index contributed by atoms with van der Waals surface area (Å²) in [6.07, 6.45) is 4.07. The fourth-order valence-corrected chi connectivity index (χ4v) is 3.00. The van der Waals surface area contributed by atoms with Gasteiger partial charge in [-0.1, -0.05) is 32.6 Å². The quantitative estimate of drug-likeness (QED) is 0.727. The van der Waals surface area contributed by atoms with E-state index in [-0.39, 0.29) is 5.75 Å². The van der Waals surface area contributed by atoms with E-state index in [1.54, 1.807) is 0 Å². The summed E-state index contributed by atoms with van der Waals surface area (Å²) in [5, 5.41) is 11.8. The predicted molar refractivity (Wildman–Crippen MR) is 70.5 cm³/mol. The van der Waals surface area contributed by atoms with Crippen LogP contribution in [0.2, 0.25) is 0 Å². The van der Waals surface area contributed by atoms with Crippen LogP contribution >= 0.6 is 0 Å². The number of carbonyl (C=O) groups excluding carboxylic acids is 1. The van der Waals surface area contributed by atoms with Crippen LogP contribution in [0.4, 0.5) is 0 Å². The third-order valence-electron chi connectivity index (χ3n) is 3.54. The number of carbonyl (C=O) groups is 2. The molecule has 0 radical (unpaired) electrons. The molecule has 0 aliphatic heterocycles. The molecule has 2 N–H and O–H groups in total. The van der Waals surface area contributed by atoms with Gasteiger partial charge in [-0.2, -0.15) is 0 Å². The molecule has 0 saturated heterocycles. The van der Waals surface area contributed by atoms with Gasteiger partial charge in [0.25, 0.3) is 0 Å². The van der Waals surface area contributed by atoms with Gasteiger partial charge in [0, 0.05) is 5.75 Å². The minimum Gasteiger partial charge on any atom is -0.480 e. The molecule has 0 aromatic heterocycles. The Morgan fingerprint density at radius 3 is 2.11 bits per heavy atom. The van der Waals surface area contributed by atoms with Crippen LogP contribution < -0.4 is 5.32 Å². The number of hydrogen-bond acceptors (Lipinski definition) is 4. The fraction of sp³-hybridized carbons (Fsp3) is 0.833. The Morgan fingerprint density at radius 1 is 1.16 bits per heavy atom. The van der Waals surface area contributed by atoms with Gasteiger partial charge in [0.2, 0.25) is 5.91 Å². The van der Waals surface area contributed by atoms with Gasteiger partial charge in [0.15, 0.2) is 9.84 Å². The van der Waals surface area contributed by atoms with Crippen molar-refractivity contribution in [2.45, 2.75) is 51.0 Å². The number of hydrogen-bond donors (Lipinski definition) is 2. The highest BCUT2D eigenvalue weighted by Crippen LogP contribution is 2.27. The summed E-state index contributed by atoms with van der Waals surface area (Å²) in [6.45, 7) is 1.46. The number of nitrogens with one attached hydrogen (secondary N) is 1. The van der Waals surface area contributed by atoms with Crippen LogP contribution in [-0.2, 0) is 19.4 Å². The predicted octanol–water partition coefficient (Wildman–Crippen LogP) is 0.715. The fourth-order valence-electron chi connectivity index (χ4n) is 2.33. The van der Waals surface area contributed by atoms with Crippen LogP contribution in [0.25, 0.3) is 0 Å². The molecule has 6 nitrogen and oxygen atoms in total. The molecule has 19 heavy (non-hydrogen) atoms. The van der Waals surface area contributed by atoms with E-state index in [0.717, 1.165) is 25.7 Å². The van der Waals surface area contributed by atoms with E-state index in [9.17, 15) is 23.1 Å². The SMILES string of the molecule is CCS(=O)(=O)CC(=O)NC1(C(=O)O)CCCCCC1. The molecule has 1 saturated carbocycles. The van der Waals surface area contributed by atoms with Crippen LogP contribution in [-0.4, -0.2) is 42.4 Å². The summed E-state index contributed by atoms with van der Waals surface area (Å²) in [7, 11) is -3.44. The van der Waals surface area contributed by atoms with Crippen molar-refractivity contribution in [2.75, 3.05) is 11.5 Å². The zero-order chi connectivity index (χ0) is 14.5. The molecule has 1 amide bonds. The molecule has 0 aromatic rings. The minimum atomic E-state index is -3.44. The largest absolute Gasteiger partial charge is 0.480 e. The summed E-state index contributed by atoms with van der Waals surface area (Å²) in [6, 6.07) is 0. The van der Waals surface area contributed by atoms with Gasteiger partial charge in [0.05, 0.1) is 0 Å². The second-order valence-corrected chi connectivity index (χ2v) is 7.38. The smallest absolute Gasteiger partial charge is 0.329 e. The highest BCUT2D eigenvalue weighted by molar-refractivity contribution is 7.92. The van der Waals surface area contributed by atoms with Crippen molar-refractivity contribution in [3.63, 3.8) is 0 Å². The van der Waals surface area contributed by atoms with Gasteiger partial charge in [-0.25, -0.2) is 13.2 Å². The molecule has 0 bridgehead atoms. The molecule has 1 fully saturated rings. The molecule has 0 spiro atoms. The molecule has 7 heteroatoms. The van der Waals surface area contributed by atoms with Crippen molar-refractivity contribution >= 4 is 21.7 Å². The first-order valence-electron chi connectivity index (χ1n) is 6.56. The number of aliphatic carboxylic acids is 1. The Morgan fingerprint density at radius 2 is 1.68 bits per heavy atom. The summed E-state index contributed by atoms with van der Waals surface area (Å²) in [4.78, 5) is 23.2. The van der Waals surface area contributed by atoms with E-state index in [1.807, 2.05) is 0 Å². The lowest BCUT2D eigenvalue weighted by Crippen LogP contribution is -2.55. The molecule has 0 unspecified atom stereocenters. The average Bonchev–Trinajstić information content (AvgIpc) is 2.55. The van der Waals surface area contributed by atoms with Gasteiger partial charge in [0.1, 0.15) is 11.3 Å². The summed E-state index contributed by atoms with van der Waals surface area (Å²) in [5.41, 5.74) is -1.29. The second-order valence-electron chi connectivity index (χ2n) is 5.03. The lowest BCUT2D eigenvalue weighted by molar-refractivity contribution is -0.148. The maximum absolute atomic E-state index is 11.8. The van der Waals surface area contributed by atoms with Gasteiger partial charge in [-0.15, -0.1) is 0 Å². The van der Waals surface area contributed by atoms with Crippen molar-refractivity contribution < 1.29 is 23.1 Å². The van der Waals surface area contributed by atoms with Crippen molar-refractivity contribution in [2.24, 2.45) is 0 Å². The molecule has 1 rings (SSSR count). The molecule has 0 heterocycles. The minimum absolute atomic E-state index is 0.125. The first-order chi connectivity index (χ1) is 8.81. The van der Waals surface area contributed by atoms with E-state index in [4.69, 9.17) is 0 Å². The van der Waals surface area contributed by atoms with E-state index < -0.39 is 33.0 Å². The Bertz CT molecular complexity index is 435. The lowest BCUT2D eigenvalue weighted by Gasteiger charge is -2.29. The second kappa shape index (κ2) is 6.36. The lowest BCUT2D eigenvalue weighted by atomic mass is 9.90. The van der Waals surface area contributed by atoms with Crippen molar-refractivity contribution in [1.82, 2.24) is 5.32 Å². The standard InChI is InChI=1S/C12H21NO5S/c1-2-19(17,18)9-10(14)13-12(11(15)16)7-5-3-4-6-8-12/h2-9H2,1H3,(H,13,14)(H,15,16). The van der Waals surface area contributed by atoms with Gasteiger partial charge in [-0.3, -0.25) is 4.79 Å². The molecular weight excluding hydrogens is 270 g/mol. The van der Waals surface area contributed by atoms with E-state index >= 15 is 0 Å². The van der Waals surface area contributed by atoms with Gasteiger partial charge >= 0.3 is 5.97 Å². The van der Waals surface area contributed by atoms with Gasteiger partial charge < -0.3 is 10.4 Å². The van der Waals surface area contributed by atoms with Crippen molar-refractivity contribution in [3.8, 4) is 0 Å². The molecular formula is C12H21NO5S. The van der Waals surface area contributed by atoms with E-state index in [2.05, 4.69) is 5.32 Å². The van der Waals surface area contributed by atoms with Crippen LogP contribution in [0, 0.1) is 0 Å². The Hall–Kier alpha value is -1.11. The van der Waals surface area contributed by atoms with Crippen LogP contribution in [0.5, 0.6) is 0 Å². The first kappa shape index (κ1) is 15.9. The number of carboxylic acids is 1. The summed E-state index contributed by atoms with van der Waals surface area (Å²) >= 11 is 0. The molecule has 1 aliphatic carbocycles. The highest BCUT2D eigenvalue weighted by atomic mass is 32.2. The van der Waals surface area contributed by atoms with Crippen molar-refractivity contribution in [3.05, 3.63) is 0 Å². The molecule has 110 valence electrons. The van der Waals surface area contributed by atoms with Crippen LogP contribution in [0.1, 0.15) is 45.4 Å². The van der Waals surface area contributed by atoms with Crippen LogP contribution in [0.15, 0.2) is 0 Å². The number of carboxylic acid groups (broad SMARTS) is 1. The Labute approximate surface area is 113 Å². The maximum Gasteiger partial charge on any atom is 0.329 e. The van der Waals surface area contributed by atoms with E-state index in [0.29, 0.717) is 12.8 Å². The normalized spacial score (nSPS) is 19.4. The zero-order valence-electron chi connectivity index (χ0n) is 11.1. The first-order valence-corrected chi connectivity index (χ1v) is 8.38.